The van der Waals surface area contributed by atoms with E-state index in [2.05, 4.69) is 42.9 Å². The van der Waals surface area contributed by atoms with E-state index in [0.717, 1.165) is 24.8 Å². The number of benzene rings is 1. The van der Waals surface area contributed by atoms with Crippen molar-refractivity contribution in [2.45, 2.75) is 33.2 Å². The number of aliphatic imine (C=N–C) groups is 1. The molecule has 0 aliphatic carbocycles. The lowest BCUT2D eigenvalue weighted by Crippen LogP contribution is -2.72. The molecule has 2 rings (SSSR count). The van der Waals surface area contributed by atoms with Crippen molar-refractivity contribution in [2.75, 3.05) is 26.7 Å². The molecule has 0 bridgehead atoms. The first-order chi connectivity index (χ1) is 9.88. The number of ether oxygens (including phenoxy) is 1. The van der Waals surface area contributed by atoms with Crippen LogP contribution >= 0.6 is 24.0 Å². The molecule has 1 aliphatic rings. The SMILES string of the molecule is CN=C(NCCOc1ccccc1)N1CC(C)(C)C1(C)C.I. The number of halogens is 1. The normalized spacial score (nSPS) is 19.0. The number of nitrogens with zero attached hydrogens (tertiary/aromatic N) is 2. The molecule has 0 saturated carbocycles. The number of para-hydroxylation sites is 1. The third-order valence-electron chi connectivity index (χ3n) is 4.75. The van der Waals surface area contributed by atoms with Crippen LogP contribution in [0.2, 0.25) is 0 Å². The summed E-state index contributed by atoms with van der Waals surface area (Å²) in [7, 11) is 1.84. The summed E-state index contributed by atoms with van der Waals surface area (Å²) in [4.78, 5) is 6.72. The second-order valence-electron chi connectivity index (χ2n) is 6.66. The Morgan fingerprint density at radius 3 is 2.36 bits per heavy atom. The van der Waals surface area contributed by atoms with Crippen LogP contribution in [0.3, 0.4) is 0 Å². The lowest BCUT2D eigenvalue weighted by molar-refractivity contribution is -0.0667. The van der Waals surface area contributed by atoms with Crippen molar-refractivity contribution in [3.63, 3.8) is 0 Å². The number of hydrogen-bond acceptors (Lipinski definition) is 2. The van der Waals surface area contributed by atoms with Gasteiger partial charge in [-0.1, -0.05) is 32.0 Å². The van der Waals surface area contributed by atoms with Crippen LogP contribution in [0.5, 0.6) is 5.75 Å². The minimum Gasteiger partial charge on any atom is -0.492 e. The fourth-order valence-corrected chi connectivity index (χ4v) is 2.54. The maximum atomic E-state index is 5.69. The van der Waals surface area contributed by atoms with E-state index in [-0.39, 0.29) is 29.5 Å². The third kappa shape index (κ3) is 3.86. The van der Waals surface area contributed by atoms with E-state index < -0.39 is 0 Å². The smallest absolute Gasteiger partial charge is 0.194 e. The average Bonchev–Trinajstić information content (AvgIpc) is 2.47. The van der Waals surface area contributed by atoms with Gasteiger partial charge in [0.2, 0.25) is 0 Å². The van der Waals surface area contributed by atoms with Crippen molar-refractivity contribution in [3.05, 3.63) is 30.3 Å². The fraction of sp³-hybridized carbons (Fsp3) is 0.588. The zero-order valence-electron chi connectivity index (χ0n) is 14.2. The topological polar surface area (TPSA) is 36.9 Å². The van der Waals surface area contributed by atoms with E-state index in [0.29, 0.717) is 12.0 Å². The highest BCUT2D eigenvalue weighted by Crippen LogP contribution is 2.46. The van der Waals surface area contributed by atoms with E-state index in [4.69, 9.17) is 4.74 Å². The van der Waals surface area contributed by atoms with Crippen LogP contribution in [-0.4, -0.2) is 43.1 Å². The molecule has 1 fully saturated rings. The highest BCUT2D eigenvalue weighted by atomic mass is 127. The van der Waals surface area contributed by atoms with Crippen LogP contribution in [0.25, 0.3) is 0 Å². The van der Waals surface area contributed by atoms with Gasteiger partial charge in [-0.05, 0) is 26.0 Å². The van der Waals surface area contributed by atoms with Crippen LogP contribution in [0.4, 0.5) is 0 Å². The number of hydrogen-bond donors (Lipinski definition) is 1. The van der Waals surface area contributed by atoms with E-state index in [1.54, 1.807) is 0 Å². The van der Waals surface area contributed by atoms with Crippen LogP contribution < -0.4 is 10.1 Å². The number of likely N-dealkylation sites (tertiary alicyclic amines) is 1. The molecule has 1 aromatic rings. The van der Waals surface area contributed by atoms with Crippen molar-refractivity contribution in [1.82, 2.24) is 10.2 Å². The van der Waals surface area contributed by atoms with Gasteiger partial charge in [0.1, 0.15) is 12.4 Å². The molecule has 1 N–H and O–H groups in total. The van der Waals surface area contributed by atoms with Crippen molar-refractivity contribution >= 4 is 29.9 Å². The molecule has 0 atom stereocenters. The van der Waals surface area contributed by atoms with E-state index in [1.807, 2.05) is 37.4 Å². The van der Waals surface area contributed by atoms with Crippen molar-refractivity contribution in [1.29, 1.82) is 0 Å². The molecule has 0 radical (unpaired) electrons. The van der Waals surface area contributed by atoms with Gasteiger partial charge in [0.05, 0.1) is 6.54 Å². The first kappa shape index (κ1) is 19.1. The lowest BCUT2D eigenvalue weighted by atomic mass is 9.65. The van der Waals surface area contributed by atoms with Crippen LogP contribution in [0.15, 0.2) is 35.3 Å². The Labute approximate surface area is 151 Å². The molecule has 0 amide bonds. The van der Waals surface area contributed by atoms with Gasteiger partial charge in [0.15, 0.2) is 5.96 Å². The van der Waals surface area contributed by atoms with Gasteiger partial charge in [-0.2, -0.15) is 0 Å². The summed E-state index contributed by atoms with van der Waals surface area (Å²) >= 11 is 0. The zero-order valence-corrected chi connectivity index (χ0v) is 16.5. The molecule has 1 aliphatic heterocycles. The van der Waals surface area contributed by atoms with E-state index >= 15 is 0 Å². The summed E-state index contributed by atoms with van der Waals surface area (Å²) in [6, 6.07) is 9.88. The number of nitrogens with one attached hydrogen (secondary N) is 1. The van der Waals surface area contributed by atoms with Crippen LogP contribution in [0, 0.1) is 5.41 Å². The Balaban J connectivity index is 0.00000242. The van der Waals surface area contributed by atoms with Gasteiger partial charge in [0.25, 0.3) is 0 Å². The average molecular weight is 417 g/mol. The highest BCUT2D eigenvalue weighted by Gasteiger charge is 2.53. The molecule has 4 nitrogen and oxygen atoms in total. The van der Waals surface area contributed by atoms with Crippen molar-refractivity contribution < 1.29 is 4.74 Å². The molecule has 1 saturated heterocycles. The molecule has 1 heterocycles. The monoisotopic (exact) mass is 417 g/mol. The number of guanidine groups is 1. The first-order valence-corrected chi connectivity index (χ1v) is 7.54. The molecular formula is C17H28IN3O. The predicted molar refractivity (Wildman–Crippen MR) is 103 cm³/mol. The summed E-state index contributed by atoms with van der Waals surface area (Å²) in [6.45, 7) is 11.5. The van der Waals surface area contributed by atoms with Gasteiger partial charge in [0, 0.05) is 24.5 Å². The molecule has 22 heavy (non-hydrogen) atoms. The van der Waals surface area contributed by atoms with Crippen molar-refractivity contribution in [3.8, 4) is 5.75 Å². The summed E-state index contributed by atoms with van der Waals surface area (Å²) in [6.07, 6.45) is 0. The molecule has 0 spiro atoms. The van der Waals surface area contributed by atoms with Gasteiger partial charge in [-0.25, -0.2) is 0 Å². The molecular weight excluding hydrogens is 389 g/mol. The fourth-order valence-electron chi connectivity index (χ4n) is 2.54. The number of rotatable bonds is 4. The van der Waals surface area contributed by atoms with E-state index in [9.17, 15) is 0 Å². The Morgan fingerprint density at radius 2 is 1.86 bits per heavy atom. The van der Waals surface area contributed by atoms with Gasteiger partial charge in [-0.15, -0.1) is 24.0 Å². The molecule has 0 unspecified atom stereocenters. The summed E-state index contributed by atoms with van der Waals surface area (Å²) < 4.78 is 5.69. The van der Waals surface area contributed by atoms with Crippen LogP contribution in [-0.2, 0) is 0 Å². The van der Waals surface area contributed by atoms with E-state index in [1.165, 1.54) is 0 Å². The summed E-state index contributed by atoms with van der Waals surface area (Å²) in [5.41, 5.74) is 0.431. The zero-order chi connectivity index (χ0) is 15.5. The van der Waals surface area contributed by atoms with Crippen molar-refractivity contribution in [2.24, 2.45) is 10.4 Å². The summed E-state index contributed by atoms with van der Waals surface area (Å²) in [5, 5.41) is 3.39. The molecule has 5 heteroatoms. The Hall–Kier alpha value is -0.980. The molecule has 0 aromatic heterocycles. The highest BCUT2D eigenvalue weighted by molar-refractivity contribution is 14.0. The minimum atomic E-state index is 0. The Bertz CT molecular complexity index is 500. The maximum Gasteiger partial charge on any atom is 0.194 e. The second kappa shape index (κ2) is 7.53. The van der Waals surface area contributed by atoms with Crippen LogP contribution in [0.1, 0.15) is 27.7 Å². The third-order valence-corrected chi connectivity index (χ3v) is 4.75. The minimum absolute atomic E-state index is 0. The van der Waals surface area contributed by atoms with Gasteiger partial charge >= 0.3 is 0 Å². The van der Waals surface area contributed by atoms with Gasteiger partial charge in [-0.3, -0.25) is 4.99 Å². The quantitative estimate of drug-likeness (QED) is 0.353. The molecule has 1 aromatic carbocycles. The standard InChI is InChI=1S/C17H27N3O.HI/c1-16(2)13-20(17(16,3)4)15(18-5)19-11-12-21-14-9-7-6-8-10-14;/h6-10H,11-13H2,1-5H3,(H,18,19);1H. The second-order valence-corrected chi connectivity index (χ2v) is 6.66. The predicted octanol–water partition coefficient (Wildman–Crippen LogP) is 3.38. The Kier molecular flexibility index (Phi) is 6.52. The molecule has 124 valence electrons. The largest absolute Gasteiger partial charge is 0.492 e. The first-order valence-electron chi connectivity index (χ1n) is 7.54. The lowest BCUT2D eigenvalue weighted by Gasteiger charge is -2.62. The van der Waals surface area contributed by atoms with Gasteiger partial charge < -0.3 is 15.0 Å². The Morgan fingerprint density at radius 1 is 1.23 bits per heavy atom. The maximum absolute atomic E-state index is 5.69. The summed E-state index contributed by atoms with van der Waals surface area (Å²) in [5.74, 6) is 1.86.